The fraction of sp³-hybridized carbons (Fsp3) is 0.818. The lowest BCUT2D eigenvalue weighted by atomic mass is 9.99. The van der Waals surface area contributed by atoms with Crippen LogP contribution in [-0.2, 0) is 4.74 Å². The van der Waals surface area contributed by atoms with E-state index in [0.29, 0.717) is 5.92 Å². The van der Waals surface area contributed by atoms with E-state index in [1.54, 1.807) is 0 Å². The van der Waals surface area contributed by atoms with Crippen LogP contribution >= 0.6 is 0 Å². The molecule has 0 aromatic rings. The van der Waals surface area contributed by atoms with E-state index in [0.717, 1.165) is 32.6 Å². The van der Waals surface area contributed by atoms with Gasteiger partial charge in [-0.15, -0.1) is 6.42 Å². The van der Waals surface area contributed by atoms with E-state index in [4.69, 9.17) is 11.2 Å². The van der Waals surface area contributed by atoms with Gasteiger partial charge >= 0.3 is 0 Å². The Bertz CT molecular complexity index is 167. The lowest BCUT2D eigenvalue weighted by molar-refractivity contribution is 0.183. The highest BCUT2D eigenvalue weighted by molar-refractivity contribution is 4.99. The van der Waals surface area contributed by atoms with Gasteiger partial charge in [-0.05, 0) is 31.7 Å². The minimum atomic E-state index is 0.242. The molecule has 1 fully saturated rings. The van der Waals surface area contributed by atoms with Gasteiger partial charge in [0.1, 0.15) is 0 Å². The fourth-order valence-corrected chi connectivity index (χ4v) is 1.63. The molecule has 74 valence electrons. The van der Waals surface area contributed by atoms with Gasteiger partial charge in [0.2, 0.25) is 0 Å². The molecule has 0 amide bonds. The third kappa shape index (κ3) is 3.80. The van der Waals surface area contributed by atoms with Gasteiger partial charge in [-0.3, -0.25) is 0 Å². The summed E-state index contributed by atoms with van der Waals surface area (Å²) in [5.74, 6) is 3.47. The van der Waals surface area contributed by atoms with E-state index in [9.17, 15) is 0 Å². The van der Waals surface area contributed by atoms with Crippen LogP contribution < -0.4 is 5.32 Å². The zero-order valence-corrected chi connectivity index (χ0v) is 8.38. The molecule has 1 aliphatic rings. The Morgan fingerprint density at radius 1 is 1.69 bits per heavy atom. The van der Waals surface area contributed by atoms with Crippen molar-refractivity contribution >= 4 is 0 Å². The molecule has 2 unspecified atom stereocenters. The SMILES string of the molecule is C#CC(CC1CCOC1)NCCC. The van der Waals surface area contributed by atoms with Gasteiger partial charge in [-0.1, -0.05) is 12.8 Å². The van der Waals surface area contributed by atoms with Crippen LogP contribution in [0.4, 0.5) is 0 Å². The molecule has 1 heterocycles. The molecule has 0 saturated carbocycles. The quantitative estimate of drug-likeness (QED) is 0.648. The third-order valence-corrected chi connectivity index (χ3v) is 2.43. The van der Waals surface area contributed by atoms with Crippen molar-refractivity contribution in [2.75, 3.05) is 19.8 Å². The summed E-state index contributed by atoms with van der Waals surface area (Å²) >= 11 is 0. The Kier molecular flexibility index (Phi) is 4.88. The van der Waals surface area contributed by atoms with Gasteiger partial charge in [0, 0.05) is 13.2 Å². The molecule has 13 heavy (non-hydrogen) atoms. The minimum Gasteiger partial charge on any atom is -0.381 e. The highest BCUT2D eigenvalue weighted by Gasteiger charge is 2.18. The first-order chi connectivity index (χ1) is 6.36. The molecule has 0 bridgehead atoms. The first kappa shape index (κ1) is 10.6. The van der Waals surface area contributed by atoms with Gasteiger partial charge in [0.15, 0.2) is 0 Å². The Labute approximate surface area is 81.0 Å². The van der Waals surface area contributed by atoms with Crippen LogP contribution in [-0.4, -0.2) is 25.8 Å². The van der Waals surface area contributed by atoms with Crippen LogP contribution in [0.25, 0.3) is 0 Å². The van der Waals surface area contributed by atoms with Gasteiger partial charge < -0.3 is 10.1 Å². The number of rotatable bonds is 5. The lowest BCUT2D eigenvalue weighted by Gasteiger charge is -2.15. The molecule has 2 atom stereocenters. The zero-order valence-electron chi connectivity index (χ0n) is 8.38. The van der Waals surface area contributed by atoms with Crippen LogP contribution in [0.1, 0.15) is 26.2 Å². The van der Waals surface area contributed by atoms with Gasteiger partial charge in [0.05, 0.1) is 6.04 Å². The second kappa shape index (κ2) is 6.01. The van der Waals surface area contributed by atoms with E-state index in [1.807, 2.05) is 0 Å². The van der Waals surface area contributed by atoms with Crippen molar-refractivity contribution in [3.05, 3.63) is 0 Å². The van der Waals surface area contributed by atoms with E-state index in [1.165, 1.54) is 6.42 Å². The molecule has 2 heteroatoms. The first-order valence-corrected chi connectivity index (χ1v) is 5.14. The second-order valence-corrected chi connectivity index (χ2v) is 3.64. The van der Waals surface area contributed by atoms with Crippen molar-refractivity contribution in [2.45, 2.75) is 32.2 Å². The third-order valence-electron chi connectivity index (χ3n) is 2.43. The van der Waals surface area contributed by atoms with Crippen LogP contribution in [0, 0.1) is 18.3 Å². The average Bonchev–Trinajstić information content (AvgIpc) is 2.64. The van der Waals surface area contributed by atoms with E-state index < -0.39 is 0 Å². The van der Waals surface area contributed by atoms with Crippen molar-refractivity contribution in [3.8, 4) is 12.3 Å². The standard InChI is InChI=1S/C11H19NO/c1-3-6-12-11(4-2)8-10-5-7-13-9-10/h2,10-12H,3,5-9H2,1H3. The summed E-state index contributed by atoms with van der Waals surface area (Å²) in [5.41, 5.74) is 0. The second-order valence-electron chi connectivity index (χ2n) is 3.64. The predicted octanol–water partition coefficient (Wildman–Crippen LogP) is 1.41. The van der Waals surface area contributed by atoms with E-state index >= 15 is 0 Å². The molecule has 0 spiro atoms. The van der Waals surface area contributed by atoms with Crippen molar-refractivity contribution in [2.24, 2.45) is 5.92 Å². The largest absolute Gasteiger partial charge is 0.381 e. The molecule has 0 aromatic carbocycles. The fourth-order valence-electron chi connectivity index (χ4n) is 1.63. The van der Waals surface area contributed by atoms with Crippen LogP contribution in [0.3, 0.4) is 0 Å². The smallest absolute Gasteiger partial charge is 0.0690 e. The van der Waals surface area contributed by atoms with E-state index in [-0.39, 0.29) is 6.04 Å². The Hall–Kier alpha value is -0.520. The van der Waals surface area contributed by atoms with Crippen molar-refractivity contribution in [3.63, 3.8) is 0 Å². The van der Waals surface area contributed by atoms with Crippen LogP contribution in [0.15, 0.2) is 0 Å². The zero-order chi connectivity index (χ0) is 9.52. The average molecular weight is 181 g/mol. The molecule has 0 radical (unpaired) electrons. The maximum absolute atomic E-state index is 5.44. The van der Waals surface area contributed by atoms with Gasteiger partial charge in [-0.25, -0.2) is 0 Å². The molecule has 0 aliphatic carbocycles. The summed E-state index contributed by atoms with van der Waals surface area (Å²) < 4.78 is 5.31. The number of terminal acetylenes is 1. The number of hydrogen-bond acceptors (Lipinski definition) is 2. The summed E-state index contributed by atoms with van der Waals surface area (Å²) in [6, 6.07) is 0.242. The highest BCUT2D eigenvalue weighted by Crippen LogP contribution is 2.17. The minimum absolute atomic E-state index is 0.242. The van der Waals surface area contributed by atoms with Gasteiger partial charge in [0.25, 0.3) is 0 Å². The van der Waals surface area contributed by atoms with E-state index in [2.05, 4.69) is 18.2 Å². The van der Waals surface area contributed by atoms with Crippen molar-refractivity contribution < 1.29 is 4.74 Å². The van der Waals surface area contributed by atoms with Crippen molar-refractivity contribution in [1.29, 1.82) is 0 Å². The maximum Gasteiger partial charge on any atom is 0.0690 e. The molecular weight excluding hydrogens is 162 g/mol. The topological polar surface area (TPSA) is 21.3 Å². The molecule has 1 aliphatic heterocycles. The monoisotopic (exact) mass is 181 g/mol. The molecule has 1 N–H and O–H groups in total. The molecule has 2 nitrogen and oxygen atoms in total. The number of ether oxygens (including phenoxy) is 1. The summed E-state index contributed by atoms with van der Waals surface area (Å²) in [7, 11) is 0. The first-order valence-electron chi connectivity index (χ1n) is 5.14. The molecule has 1 saturated heterocycles. The summed E-state index contributed by atoms with van der Waals surface area (Å²) in [4.78, 5) is 0. The highest BCUT2D eigenvalue weighted by atomic mass is 16.5. The normalized spacial score (nSPS) is 24.2. The summed E-state index contributed by atoms with van der Waals surface area (Å²) in [6.07, 6.45) is 8.82. The number of hydrogen-bond donors (Lipinski definition) is 1. The molecular formula is C11H19NO. The summed E-state index contributed by atoms with van der Waals surface area (Å²) in [5, 5.41) is 3.35. The Morgan fingerprint density at radius 2 is 2.54 bits per heavy atom. The summed E-state index contributed by atoms with van der Waals surface area (Å²) in [6.45, 7) is 4.98. The Morgan fingerprint density at radius 3 is 3.08 bits per heavy atom. The van der Waals surface area contributed by atoms with Gasteiger partial charge in [-0.2, -0.15) is 0 Å². The Balaban J connectivity index is 2.18. The molecule has 0 aromatic heterocycles. The van der Waals surface area contributed by atoms with Crippen LogP contribution in [0.2, 0.25) is 0 Å². The van der Waals surface area contributed by atoms with Crippen LogP contribution in [0.5, 0.6) is 0 Å². The molecule has 1 rings (SSSR count). The number of nitrogens with one attached hydrogen (secondary N) is 1. The predicted molar refractivity (Wildman–Crippen MR) is 54.5 cm³/mol. The van der Waals surface area contributed by atoms with Crippen molar-refractivity contribution in [1.82, 2.24) is 5.32 Å². The lowest BCUT2D eigenvalue weighted by Crippen LogP contribution is -2.30. The maximum atomic E-state index is 5.44.